The second-order valence-electron chi connectivity index (χ2n) is 6.56. The van der Waals surface area contributed by atoms with Gasteiger partial charge in [-0.15, -0.1) is 0 Å². The van der Waals surface area contributed by atoms with E-state index in [1.807, 2.05) is 54.6 Å². The molecule has 6 heteroatoms. The third-order valence-electron chi connectivity index (χ3n) is 4.54. The van der Waals surface area contributed by atoms with Crippen molar-refractivity contribution in [2.75, 3.05) is 5.32 Å². The number of pyridine rings is 1. The van der Waals surface area contributed by atoms with E-state index in [1.165, 1.54) is 6.26 Å². The van der Waals surface area contributed by atoms with E-state index in [-0.39, 0.29) is 11.7 Å². The smallest absolute Gasteiger partial charge is 0.287 e. The van der Waals surface area contributed by atoms with E-state index < -0.39 is 11.9 Å². The first-order chi connectivity index (χ1) is 14.2. The molecule has 0 saturated carbocycles. The second-order valence-corrected chi connectivity index (χ2v) is 6.56. The fraction of sp³-hybridized carbons (Fsp3) is 0.0870. The van der Waals surface area contributed by atoms with Crippen LogP contribution in [0.4, 0.5) is 5.69 Å². The molecule has 2 N–H and O–H groups in total. The minimum absolute atomic E-state index is 0.155. The van der Waals surface area contributed by atoms with Crippen LogP contribution in [0.25, 0.3) is 10.9 Å². The van der Waals surface area contributed by atoms with Gasteiger partial charge in [0.1, 0.15) is 6.04 Å². The van der Waals surface area contributed by atoms with Gasteiger partial charge in [0.25, 0.3) is 5.91 Å². The third kappa shape index (κ3) is 4.32. The van der Waals surface area contributed by atoms with Crippen molar-refractivity contribution in [2.45, 2.75) is 12.5 Å². The summed E-state index contributed by atoms with van der Waals surface area (Å²) in [6.07, 6.45) is 3.44. The first-order valence-electron chi connectivity index (χ1n) is 9.23. The molecule has 1 atom stereocenters. The van der Waals surface area contributed by atoms with E-state index in [0.29, 0.717) is 17.6 Å². The zero-order chi connectivity index (χ0) is 20.1. The number of aromatic nitrogens is 1. The number of nitrogens with zero attached hydrogens (tertiary/aromatic N) is 1. The number of anilines is 1. The van der Waals surface area contributed by atoms with Crippen molar-refractivity contribution in [2.24, 2.45) is 0 Å². The lowest BCUT2D eigenvalue weighted by atomic mass is 10.0. The minimum Gasteiger partial charge on any atom is -0.459 e. The minimum atomic E-state index is -0.783. The molecule has 0 saturated heterocycles. The molecule has 0 aliphatic carbocycles. The average Bonchev–Trinajstić information content (AvgIpc) is 3.29. The van der Waals surface area contributed by atoms with Gasteiger partial charge in [0.05, 0.1) is 17.5 Å². The molecular formula is C23H19N3O3. The standard InChI is InChI=1S/C23H19N3O3/c27-22(25-18-11-4-9-17-10-5-13-24-21(17)18)19(15-16-7-2-1-3-8-16)26-23(28)20-12-6-14-29-20/h1-14,19H,15H2,(H,25,27)(H,26,28)/t19-/m0/s1. The van der Waals surface area contributed by atoms with Gasteiger partial charge in [0, 0.05) is 18.0 Å². The normalized spacial score (nSPS) is 11.7. The highest BCUT2D eigenvalue weighted by atomic mass is 16.3. The van der Waals surface area contributed by atoms with Gasteiger partial charge in [-0.05, 0) is 29.8 Å². The number of fused-ring (bicyclic) bond motifs is 1. The Hall–Kier alpha value is -3.93. The molecule has 2 aromatic heterocycles. The number of rotatable bonds is 6. The number of carbonyl (C=O) groups is 2. The summed E-state index contributed by atoms with van der Waals surface area (Å²) in [4.78, 5) is 29.9. The van der Waals surface area contributed by atoms with Crippen LogP contribution in [-0.2, 0) is 11.2 Å². The number of hydrogen-bond donors (Lipinski definition) is 2. The van der Waals surface area contributed by atoms with Gasteiger partial charge >= 0.3 is 0 Å². The van der Waals surface area contributed by atoms with Crippen LogP contribution in [0.1, 0.15) is 16.1 Å². The summed E-state index contributed by atoms with van der Waals surface area (Å²) >= 11 is 0. The summed E-state index contributed by atoms with van der Waals surface area (Å²) in [7, 11) is 0. The Bertz CT molecular complexity index is 1120. The second kappa shape index (κ2) is 8.39. The molecule has 0 aliphatic heterocycles. The molecule has 0 spiro atoms. The highest BCUT2D eigenvalue weighted by Crippen LogP contribution is 2.21. The highest BCUT2D eigenvalue weighted by Gasteiger charge is 2.23. The van der Waals surface area contributed by atoms with Gasteiger partial charge < -0.3 is 15.1 Å². The van der Waals surface area contributed by atoms with Gasteiger partial charge in [-0.2, -0.15) is 0 Å². The SMILES string of the molecule is O=C(N[C@@H](Cc1ccccc1)C(=O)Nc1cccc2cccnc12)c1ccco1. The molecule has 0 radical (unpaired) electrons. The summed E-state index contributed by atoms with van der Waals surface area (Å²) in [5, 5.41) is 6.60. The zero-order valence-corrected chi connectivity index (χ0v) is 15.5. The predicted molar refractivity (Wildman–Crippen MR) is 110 cm³/mol. The quantitative estimate of drug-likeness (QED) is 0.529. The first kappa shape index (κ1) is 18.4. The Kier molecular flexibility index (Phi) is 5.33. The number of hydrogen-bond acceptors (Lipinski definition) is 4. The fourth-order valence-corrected chi connectivity index (χ4v) is 3.12. The van der Waals surface area contributed by atoms with E-state index in [0.717, 1.165) is 10.9 Å². The molecule has 0 fully saturated rings. The summed E-state index contributed by atoms with van der Waals surface area (Å²) < 4.78 is 5.15. The first-order valence-corrected chi connectivity index (χ1v) is 9.23. The molecule has 0 unspecified atom stereocenters. The number of benzene rings is 2. The summed E-state index contributed by atoms with van der Waals surface area (Å²) in [5.74, 6) is -0.614. The van der Waals surface area contributed by atoms with Crippen LogP contribution in [0.5, 0.6) is 0 Å². The number of carbonyl (C=O) groups excluding carboxylic acids is 2. The van der Waals surface area contributed by atoms with Crippen molar-refractivity contribution in [3.63, 3.8) is 0 Å². The lowest BCUT2D eigenvalue weighted by Gasteiger charge is -2.18. The van der Waals surface area contributed by atoms with E-state index in [9.17, 15) is 9.59 Å². The maximum atomic E-state index is 13.1. The van der Waals surface area contributed by atoms with Crippen molar-refractivity contribution >= 4 is 28.4 Å². The Morgan fingerprint density at radius 1 is 0.931 bits per heavy atom. The molecule has 0 aliphatic rings. The Labute approximate surface area is 167 Å². The van der Waals surface area contributed by atoms with Crippen LogP contribution in [-0.4, -0.2) is 22.8 Å². The van der Waals surface area contributed by atoms with Crippen LogP contribution >= 0.6 is 0 Å². The largest absolute Gasteiger partial charge is 0.459 e. The van der Waals surface area contributed by atoms with Gasteiger partial charge in [0.2, 0.25) is 5.91 Å². The number of amides is 2. The van der Waals surface area contributed by atoms with Crippen LogP contribution in [0.2, 0.25) is 0 Å². The summed E-state index contributed by atoms with van der Waals surface area (Å²) in [5.41, 5.74) is 2.22. The van der Waals surface area contributed by atoms with Crippen molar-refractivity contribution in [3.8, 4) is 0 Å². The van der Waals surface area contributed by atoms with E-state index in [2.05, 4.69) is 15.6 Å². The van der Waals surface area contributed by atoms with Crippen molar-refractivity contribution in [1.82, 2.24) is 10.3 Å². The third-order valence-corrected chi connectivity index (χ3v) is 4.54. The summed E-state index contributed by atoms with van der Waals surface area (Å²) in [6.45, 7) is 0. The zero-order valence-electron chi connectivity index (χ0n) is 15.5. The molecule has 2 heterocycles. The van der Waals surface area contributed by atoms with Crippen molar-refractivity contribution in [1.29, 1.82) is 0 Å². The molecule has 2 aromatic carbocycles. The number of para-hydroxylation sites is 1. The molecular weight excluding hydrogens is 366 g/mol. The van der Waals surface area contributed by atoms with Gasteiger partial charge in [-0.3, -0.25) is 14.6 Å². The molecule has 0 bridgehead atoms. The monoisotopic (exact) mass is 385 g/mol. The van der Waals surface area contributed by atoms with Crippen molar-refractivity contribution in [3.05, 3.63) is 96.6 Å². The Balaban J connectivity index is 1.58. The van der Waals surface area contributed by atoms with E-state index >= 15 is 0 Å². The van der Waals surface area contributed by atoms with E-state index in [1.54, 1.807) is 24.4 Å². The van der Waals surface area contributed by atoms with Crippen LogP contribution in [0.15, 0.2) is 89.7 Å². The van der Waals surface area contributed by atoms with Crippen LogP contribution in [0.3, 0.4) is 0 Å². The van der Waals surface area contributed by atoms with Gasteiger partial charge in [-0.1, -0.05) is 48.5 Å². The molecule has 29 heavy (non-hydrogen) atoms. The lowest BCUT2D eigenvalue weighted by Crippen LogP contribution is -2.45. The number of furan rings is 1. The highest BCUT2D eigenvalue weighted by molar-refractivity contribution is 6.04. The maximum absolute atomic E-state index is 13.1. The van der Waals surface area contributed by atoms with Gasteiger partial charge in [0.15, 0.2) is 5.76 Å². The number of nitrogens with one attached hydrogen (secondary N) is 2. The van der Waals surface area contributed by atoms with E-state index in [4.69, 9.17) is 4.42 Å². The molecule has 2 amide bonds. The molecule has 4 rings (SSSR count). The van der Waals surface area contributed by atoms with Crippen molar-refractivity contribution < 1.29 is 14.0 Å². The average molecular weight is 385 g/mol. The van der Waals surface area contributed by atoms with Crippen LogP contribution < -0.4 is 10.6 Å². The topological polar surface area (TPSA) is 84.2 Å². The Morgan fingerprint density at radius 3 is 2.55 bits per heavy atom. The molecule has 144 valence electrons. The molecule has 6 nitrogen and oxygen atoms in total. The van der Waals surface area contributed by atoms with Gasteiger partial charge in [-0.25, -0.2) is 0 Å². The predicted octanol–water partition coefficient (Wildman–Crippen LogP) is 3.81. The van der Waals surface area contributed by atoms with Crippen LogP contribution in [0, 0.1) is 0 Å². The maximum Gasteiger partial charge on any atom is 0.287 e. The fourth-order valence-electron chi connectivity index (χ4n) is 3.12. The molecule has 4 aromatic rings. The lowest BCUT2D eigenvalue weighted by molar-refractivity contribution is -0.118. The Morgan fingerprint density at radius 2 is 1.76 bits per heavy atom. The summed E-state index contributed by atoms with van der Waals surface area (Å²) in [6, 6.07) is 21.3.